The fourth-order valence-corrected chi connectivity index (χ4v) is 1.34. The molecule has 4 nitrogen and oxygen atoms in total. The maximum absolute atomic E-state index is 11.1. The summed E-state index contributed by atoms with van der Waals surface area (Å²) in [5, 5.41) is 0. The molecule has 96 valence electrons. The molecule has 0 aromatic carbocycles. The van der Waals surface area contributed by atoms with Gasteiger partial charge in [0, 0.05) is 20.1 Å². The van der Waals surface area contributed by atoms with Crippen LogP contribution in [0.15, 0.2) is 0 Å². The van der Waals surface area contributed by atoms with Gasteiger partial charge in [-0.15, -0.1) is 0 Å². The number of methoxy groups -OCH3 is 1. The predicted octanol–water partition coefficient (Wildman–Crippen LogP) is 2.02. The van der Waals surface area contributed by atoms with E-state index in [2.05, 4.69) is 6.92 Å². The fourth-order valence-electron chi connectivity index (χ4n) is 1.34. The van der Waals surface area contributed by atoms with Crippen LogP contribution < -0.4 is 0 Å². The van der Waals surface area contributed by atoms with Crippen LogP contribution in [-0.4, -0.2) is 39.5 Å². The van der Waals surface area contributed by atoms with E-state index in [4.69, 9.17) is 14.2 Å². The summed E-state index contributed by atoms with van der Waals surface area (Å²) in [5.41, 5.74) is 0. The summed E-state index contributed by atoms with van der Waals surface area (Å²) in [6.45, 7) is 6.41. The molecule has 0 aliphatic carbocycles. The Balaban J connectivity index is 3.29. The molecule has 0 aliphatic rings. The van der Waals surface area contributed by atoms with Crippen LogP contribution in [0.3, 0.4) is 0 Å². The zero-order valence-electron chi connectivity index (χ0n) is 10.7. The first kappa shape index (κ1) is 15.4. The van der Waals surface area contributed by atoms with Crippen molar-refractivity contribution in [3.8, 4) is 0 Å². The zero-order chi connectivity index (χ0) is 12.2. The Morgan fingerprint density at radius 3 is 2.69 bits per heavy atom. The van der Waals surface area contributed by atoms with Crippen molar-refractivity contribution in [1.29, 1.82) is 0 Å². The molecular weight excluding hydrogens is 208 g/mol. The number of hydrogen-bond acceptors (Lipinski definition) is 4. The Morgan fingerprint density at radius 1 is 1.31 bits per heavy atom. The lowest BCUT2D eigenvalue weighted by molar-refractivity contribution is -0.143. The standard InChI is InChI=1S/C12H24O4/c1-4-16-12(13)7-5-6-11(2)10-15-9-8-14-3/h11H,4-10H2,1-3H3/t11-/m1/s1. The summed E-state index contributed by atoms with van der Waals surface area (Å²) in [6, 6.07) is 0. The van der Waals surface area contributed by atoms with Crippen molar-refractivity contribution in [2.45, 2.75) is 33.1 Å². The molecule has 0 unspecified atom stereocenters. The third-order valence-corrected chi connectivity index (χ3v) is 2.22. The highest BCUT2D eigenvalue weighted by molar-refractivity contribution is 5.69. The van der Waals surface area contributed by atoms with E-state index >= 15 is 0 Å². The van der Waals surface area contributed by atoms with Gasteiger partial charge >= 0.3 is 5.97 Å². The Bertz CT molecular complexity index is 170. The van der Waals surface area contributed by atoms with Crippen molar-refractivity contribution in [3.05, 3.63) is 0 Å². The Labute approximate surface area is 98.3 Å². The molecule has 0 fully saturated rings. The average molecular weight is 232 g/mol. The summed E-state index contributed by atoms with van der Waals surface area (Å²) < 4.78 is 15.1. The summed E-state index contributed by atoms with van der Waals surface area (Å²) in [6.07, 6.45) is 2.37. The number of esters is 1. The van der Waals surface area contributed by atoms with E-state index < -0.39 is 0 Å². The lowest BCUT2D eigenvalue weighted by Crippen LogP contribution is -2.11. The van der Waals surface area contributed by atoms with Gasteiger partial charge in [-0.1, -0.05) is 6.92 Å². The fraction of sp³-hybridized carbons (Fsp3) is 0.917. The molecular formula is C12H24O4. The topological polar surface area (TPSA) is 44.8 Å². The van der Waals surface area contributed by atoms with Crippen LogP contribution in [0.5, 0.6) is 0 Å². The predicted molar refractivity (Wildman–Crippen MR) is 62.3 cm³/mol. The van der Waals surface area contributed by atoms with Crippen LogP contribution in [-0.2, 0) is 19.0 Å². The number of ether oxygens (including phenoxy) is 3. The molecule has 0 radical (unpaired) electrons. The summed E-state index contributed by atoms with van der Waals surface area (Å²) in [5.74, 6) is 0.376. The van der Waals surface area contributed by atoms with E-state index in [0.717, 1.165) is 19.4 Å². The molecule has 0 aliphatic heterocycles. The van der Waals surface area contributed by atoms with Crippen LogP contribution in [0.4, 0.5) is 0 Å². The van der Waals surface area contributed by atoms with Crippen molar-refractivity contribution in [2.24, 2.45) is 5.92 Å². The smallest absolute Gasteiger partial charge is 0.305 e. The number of carbonyl (C=O) groups excluding carboxylic acids is 1. The third kappa shape index (κ3) is 9.93. The van der Waals surface area contributed by atoms with Crippen LogP contribution in [0, 0.1) is 5.92 Å². The van der Waals surface area contributed by atoms with Crippen molar-refractivity contribution in [2.75, 3.05) is 33.5 Å². The SMILES string of the molecule is CCOC(=O)CCC[C@@H](C)COCCOC. The van der Waals surface area contributed by atoms with E-state index in [1.165, 1.54) is 0 Å². The van der Waals surface area contributed by atoms with Gasteiger partial charge in [0.15, 0.2) is 0 Å². The summed E-state index contributed by atoms with van der Waals surface area (Å²) >= 11 is 0. The minimum atomic E-state index is -0.102. The largest absolute Gasteiger partial charge is 0.466 e. The number of rotatable bonds is 10. The minimum Gasteiger partial charge on any atom is -0.466 e. The molecule has 0 amide bonds. The van der Waals surface area contributed by atoms with E-state index in [9.17, 15) is 4.79 Å². The molecule has 0 N–H and O–H groups in total. The molecule has 1 atom stereocenters. The third-order valence-electron chi connectivity index (χ3n) is 2.22. The van der Waals surface area contributed by atoms with Gasteiger partial charge in [-0.2, -0.15) is 0 Å². The highest BCUT2D eigenvalue weighted by Gasteiger charge is 2.05. The van der Waals surface area contributed by atoms with Crippen LogP contribution in [0.2, 0.25) is 0 Å². The second kappa shape index (κ2) is 10.9. The number of carbonyl (C=O) groups is 1. The molecule has 0 heterocycles. The lowest BCUT2D eigenvalue weighted by Gasteiger charge is -2.11. The summed E-state index contributed by atoms with van der Waals surface area (Å²) in [4.78, 5) is 11.1. The van der Waals surface area contributed by atoms with Gasteiger partial charge < -0.3 is 14.2 Å². The van der Waals surface area contributed by atoms with Crippen molar-refractivity contribution >= 4 is 5.97 Å². The molecule has 0 saturated heterocycles. The molecule has 0 aromatic heterocycles. The van der Waals surface area contributed by atoms with Crippen molar-refractivity contribution in [3.63, 3.8) is 0 Å². The Kier molecular flexibility index (Phi) is 10.5. The van der Waals surface area contributed by atoms with Gasteiger partial charge in [0.25, 0.3) is 0 Å². The van der Waals surface area contributed by atoms with Crippen LogP contribution >= 0.6 is 0 Å². The quantitative estimate of drug-likeness (QED) is 0.427. The van der Waals surface area contributed by atoms with Crippen LogP contribution in [0.25, 0.3) is 0 Å². The second-order valence-corrected chi connectivity index (χ2v) is 3.87. The second-order valence-electron chi connectivity index (χ2n) is 3.87. The summed E-state index contributed by atoms with van der Waals surface area (Å²) in [7, 11) is 1.66. The van der Waals surface area contributed by atoms with Gasteiger partial charge in [0.05, 0.1) is 19.8 Å². The molecule has 0 aromatic rings. The normalized spacial score (nSPS) is 12.4. The Hall–Kier alpha value is -0.610. The minimum absolute atomic E-state index is 0.102. The maximum atomic E-state index is 11.1. The first-order valence-corrected chi connectivity index (χ1v) is 5.93. The van der Waals surface area contributed by atoms with Crippen molar-refractivity contribution < 1.29 is 19.0 Å². The first-order valence-electron chi connectivity index (χ1n) is 5.93. The van der Waals surface area contributed by atoms with Gasteiger partial charge in [0.1, 0.15) is 0 Å². The number of hydrogen-bond donors (Lipinski definition) is 0. The van der Waals surface area contributed by atoms with Crippen molar-refractivity contribution in [1.82, 2.24) is 0 Å². The molecule has 0 rings (SSSR count). The average Bonchev–Trinajstić information content (AvgIpc) is 2.25. The van der Waals surface area contributed by atoms with E-state index in [1.54, 1.807) is 7.11 Å². The van der Waals surface area contributed by atoms with E-state index in [1.807, 2.05) is 6.92 Å². The van der Waals surface area contributed by atoms with Gasteiger partial charge in [-0.05, 0) is 25.7 Å². The van der Waals surface area contributed by atoms with E-state index in [-0.39, 0.29) is 5.97 Å². The zero-order valence-corrected chi connectivity index (χ0v) is 10.7. The molecule has 4 heteroatoms. The molecule has 0 spiro atoms. The van der Waals surface area contributed by atoms with Gasteiger partial charge in [-0.25, -0.2) is 0 Å². The van der Waals surface area contributed by atoms with E-state index in [0.29, 0.717) is 32.2 Å². The molecule has 0 bridgehead atoms. The highest BCUT2D eigenvalue weighted by Crippen LogP contribution is 2.08. The molecule has 16 heavy (non-hydrogen) atoms. The van der Waals surface area contributed by atoms with Gasteiger partial charge in [0.2, 0.25) is 0 Å². The first-order chi connectivity index (χ1) is 7.70. The van der Waals surface area contributed by atoms with Crippen LogP contribution in [0.1, 0.15) is 33.1 Å². The van der Waals surface area contributed by atoms with Gasteiger partial charge in [-0.3, -0.25) is 4.79 Å². The lowest BCUT2D eigenvalue weighted by atomic mass is 10.1. The maximum Gasteiger partial charge on any atom is 0.305 e. The highest BCUT2D eigenvalue weighted by atomic mass is 16.5. The monoisotopic (exact) mass is 232 g/mol. The molecule has 0 saturated carbocycles. The Morgan fingerprint density at radius 2 is 2.06 bits per heavy atom.